The number of aliphatic hydroxyl groups is 1. The largest absolute Gasteiger partial charge is 0.388 e. The van der Waals surface area contributed by atoms with Crippen LogP contribution in [-0.4, -0.2) is 47.8 Å². The van der Waals surface area contributed by atoms with Crippen LogP contribution in [0.3, 0.4) is 0 Å². The summed E-state index contributed by atoms with van der Waals surface area (Å²) < 4.78 is 12.7. The molecule has 0 bridgehead atoms. The van der Waals surface area contributed by atoms with Gasteiger partial charge in [0.15, 0.2) is 0 Å². The molecule has 0 aromatic carbocycles. The molecule has 1 heterocycles. The minimum Gasteiger partial charge on any atom is -0.388 e. The highest BCUT2D eigenvalue weighted by molar-refractivity contribution is 5.09. The normalized spacial score (nSPS) is 16.6. The van der Waals surface area contributed by atoms with Crippen LogP contribution in [0.2, 0.25) is 0 Å². The van der Waals surface area contributed by atoms with Crippen LogP contribution in [-0.2, 0) is 0 Å². The Morgan fingerprint density at radius 2 is 2.17 bits per heavy atom. The molecular weight excluding hydrogens is 233 g/mol. The van der Waals surface area contributed by atoms with Crippen molar-refractivity contribution in [1.29, 1.82) is 0 Å². The van der Waals surface area contributed by atoms with Crippen molar-refractivity contribution in [3.8, 4) is 0 Å². The minimum atomic E-state index is -0.808. The molecule has 0 aliphatic carbocycles. The van der Waals surface area contributed by atoms with E-state index >= 15 is 0 Å². The second-order valence-electron chi connectivity index (χ2n) is 5.24. The Hall–Kier alpha value is -1.04. The average Bonchev–Trinajstić information content (AvgIpc) is 2.25. The Morgan fingerprint density at radius 3 is 2.67 bits per heavy atom. The SMILES string of the molecule is CC(NCC(C)(O)CN(C)C)c1ccc(F)cn1. The highest BCUT2D eigenvalue weighted by Crippen LogP contribution is 2.11. The Balaban J connectivity index is 2.50. The number of hydrogen-bond acceptors (Lipinski definition) is 4. The highest BCUT2D eigenvalue weighted by Gasteiger charge is 2.22. The monoisotopic (exact) mass is 255 g/mol. The van der Waals surface area contributed by atoms with E-state index in [1.54, 1.807) is 13.0 Å². The summed E-state index contributed by atoms with van der Waals surface area (Å²) in [6, 6.07) is 3.01. The van der Waals surface area contributed by atoms with Crippen molar-refractivity contribution in [2.24, 2.45) is 0 Å². The van der Waals surface area contributed by atoms with E-state index in [2.05, 4.69) is 10.3 Å². The van der Waals surface area contributed by atoms with E-state index in [4.69, 9.17) is 0 Å². The third kappa shape index (κ3) is 5.08. The molecular formula is C13H22FN3O. The Labute approximate surface area is 108 Å². The molecule has 0 radical (unpaired) electrons. The molecule has 0 fully saturated rings. The van der Waals surface area contributed by atoms with Gasteiger partial charge in [0, 0.05) is 19.1 Å². The van der Waals surface area contributed by atoms with Crippen molar-refractivity contribution >= 4 is 0 Å². The van der Waals surface area contributed by atoms with Gasteiger partial charge in [-0.3, -0.25) is 4.98 Å². The van der Waals surface area contributed by atoms with Gasteiger partial charge in [0.25, 0.3) is 0 Å². The molecule has 18 heavy (non-hydrogen) atoms. The van der Waals surface area contributed by atoms with Crippen LogP contribution in [0.1, 0.15) is 25.6 Å². The molecule has 4 nitrogen and oxygen atoms in total. The van der Waals surface area contributed by atoms with Crippen molar-refractivity contribution in [2.75, 3.05) is 27.2 Å². The lowest BCUT2D eigenvalue weighted by Gasteiger charge is -2.28. The van der Waals surface area contributed by atoms with Gasteiger partial charge in [-0.05, 0) is 40.1 Å². The van der Waals surface area contributed by atoms with E-state index < -0.39 is 5.60 Å². The first-order chi connectivity index (χ1) is 8.30. The molecule has 1 aromatic heterocycles. The number of rotatable bonds is 6. The second kappa shape index (κ2) is 6.22. The van der Waals surface area contributed by atoms with E-state index in [0.29, 0.717) is 13.1 Å². The first-order valence-electron chi connectivity index (χ1n) is 6.02. The smallest absolute Gasteiger partial charge is 0.141 e. The molecule has 5 heteroatoms. The second-order valence-corrected chi connectivity index (χ2v) is 5.24. The fourth-order valence-electron chi connectivity index (χ4n) is 1.86. The van der Waals surface area contributed by atoms with Crippen LogP contribution >= 0.6 is 0 Å². The molecule has 1 aromatic rings. The molecule has 0 saturated carbocycles. The number of aromatic nitrogens is 1. The fraction of sp³-hybridized carbons (Fsp3) is 0.615. The predicted molar refractivity (Wildman–Crippen MR) is 69.8 cm³/mol. The zero-order chi connectivity index (χ0) is 13.8. The van der Waals surface area contributed by atoms with Gasteiger partial charge in [-0.2, -0.15) is 0 Å². The van der Waals surface area contributed by atoms with Gasteiger partial charge in [-0.25, -0.2) is 4.39 Å². The van der Waals surface area contributed by atoms with Crippen LogP contribution in [0.5, 0.6) is 0 Å². The zero-order valence-corrected chi connectivity index (χ0v) is 11.4. The molecule has 2 N–H and O–H groups in total. The molecule has 1 rings (SSSR count). The quantitative estimate of drug-likeness (QED) is 0.801. The predicted octanol–water partition coefficient (Wildman–Crippen LogP) is 1.18. The number of hydrogen-bond donors (Lipinski definition) is 2. The zero-order valence-electron chi connectivity index (χ0n) is 11.4. The summed E-state index contributed by atoms with van der Waals surface area (Å²) in [5, 5.41) is 13.3. The molecule has 0 saturated heterocycles. The van der Waals surface area contributed by atoms with Gasteiger partial charge in [0.05, 0.1) is 17.5 Å². The lowest BCUT2D eigenvalue weighted by Crippen LogP contribution is -2.46. The fourth-order valence-corrected chi connectivity index (χ4v) is 1.86. The summed E-state index contributed by atoms with van der Waals surface area (Å²) in [6.07, 6.45) is 1.20. The molecule has 0 aliphatic heterocycles. The maximum atomic E-state index is 12.7. The molecule has 0 aliphatic rings. The first-order valence-corrected chi connectivity index (χ1v) is 6.02. The Morgan fingerprint density at radius 1 is 1.50 bits per heavy atom. The Kier molecular flexibility index (Phi) is 5.19. The van der Waals surface area contributed by atoms with Crippen LogP contribution in [0.25, 0.3) is 0 Å². The van der Waals surface area contributed by atoms with Gasteiger partial charge in [-0.1, -0.05) is 0 Å². The van der Waals surface area contributed by atoms with Crippen molar-refractivity contribution in [3.05, 3.63) is 29.8 Å². The third-order valence-corrected chi connectivity index (χ3v) is 2.64. The third-order valence-electron chi connectivity index (χ3n) is 2.64. The molecule has 102 valence electrons. The highest BCUT2D eigenvalue weighted by atomic mass is 19.1. The van der Waals surface area contributed by atoms with Crippen LogP contribution in [0.4, 0.5) is 4.39 Å². The molecule has 2 unspecified atom stereocenters. The minimum absolute atomic E-state index is 0.0285. The number of halogens is 1. The molecule has 0 spiro atoms. The van der Waals surface area contributed by atoms with Gasteiger partial charge < -0.3 is 15.3 Å². The van der Waals surface area contributed by atoms with E-state index in [9.17, 15) is 9.50 Å². The topological polar surface area (TPSA) is 48.4 Å². The summed E-state index contributed by atoms with van der Waals surface area (Å²) in [4.78, 5) is 5.94. The summed E-state index contributed by atoms with van der Waals surface area (Å²) in [6.45, 7) is 4.74. The van der Waals surface area contributed by atoms with Crippen molar-refractivity contribution in [3.63, 3.8) is 0 Å². The van der Waals surface area contributed by atoms with Crippen molar-refractivity contribution in [2.45, 2.75) is 25.5 Å². The Bertz CT molecular complexity index is 365. The van der Waals surface area contributed by atoms with Gasteiger partial charge in [0.1, 0.15) is 5.82 Å². The van der Waals surface area contributed by atoms with E-state index in [1.807, 2.05) is 25.9 Å². The summed E-state index contributed by atoms with van der Waals surface area (Å²) >= 11 is 0. The number of likely N-dealkylation sites (N-methyl/N-ethyl adjacent to an activating group) is 1. The van der Waals surface area contributed by atoms with Gasteiger partial charge in [0.2, 0.25) is 0 Å². The summed E-state index contributed by atoms with van der Waals surface area (Å²) in [5.41, 5.74) is -0.0466. The number of pyridine rings is 1. The lowest BCUT2D eigenvalue weighted by molar-refractivity contribution is 0.0316. The number of nitrogens with zero attached hydrogens (tertiary/aromatic N) is 2. The number of nitrogens with one attached hydrogen (secondary N) is 1. The van der Waals surface area contributed by atoms with Gasteiger partial charge in [-0.15, -0.1) is 0 Å². The van der Waals surface area contributed by atoms with E-state index in [1.165, 1.54) is 12.3 Å². The van der Waals surface area contributed by atoms with Crippen molar-refractivity contribution in [1.82, 2.24) is 15.2 Å². The molecule has 0 amide bonds. The standard InChI is InChI=1S/C13H22FN3O/c1-10(12-6-5-11(14)7-15-12)16-8-13(2,18)9-17(3)4/h5-7,10,16,18H,8-9H2,1-4H3. The van der Waals surface area contributed by atoms with E-state index in [0.717, 1.165) is 5.69 Å². The maximum Gasteiger partial charge on any atom is 0.141 e. The maximum absolute atomic E-state index is 12.7. The molecule has 2 atom stereocenters. The summed E-state index contributed by atoms with van der Waals surface area (Å²) in [5.74, 6) is -0.342. The van der Waals surface area contributed by atoms with Crippen molar-refractivity contribution < 1.29 is 9.50 Å². The first kappa shape index (κ1) is 15.0. The van der Waals surface area contributed by atoms with Gasteiger partial charge >= 0.3 is 0 Å². The summed E-state index contributed by atoms with van der Waals surface area (Å²) in [7, 11) is 3.83. The average molecular weight is 255 g/mol. The van der Waals surface area contributed by atoms with Crippen LogP contribution in [0, 0.1) is 5.82 Å². The lowest BCUT2D eigenvalue weighted by atomic mass is 10.1. The van der Waals surface area contributed by atoms with Crippen LogP contribution < -0.4 is 5.32 Å². The van der Waals surface area contributed by atoms with E-state index in [-0.39, 0.29) is 11.9 Å². The van der Waals surface area contributed by atoms with Crippen LogP contribution in [0.15, 0.2) is 18.3 Å².